The Balaban J connectivity index is 2.27. The standard InChI is InChI=1S/C12H13N3O5/c16-12(13-8-3-1-2-4-8)10-6-5-9(14(17)18)7-11(10)15(19)20/h5-8H,1-4H2,(H,13,16). The van der Waals surface area contributed by atoms with Crippen molar-refractivity contribution in [1.29, 1.82) is 0 Å². The molecule has 1 N–H and O–H groups in total. The van der Waals surface area contributed by atoms with Gasteiger partial charge >= 0.3 is 0 Å². The van der Waals surface area contributed by atoms with Crippen LogP contribution in [0, 0.1) is 20.2 Å². The SMILES string of the molecule is O=C(NC1CCCC1)c1ccc([N+](=O)[O-])cc1[N+](=O)[O-]. The minimum absolute atomic E-state index is 0.0253. The summed E-state index contributed by atoms with van der Waals surface area (Å²) in [7, 11) is 0. The topological polar surface area (TPSA) is 115 Å². The predicted octanol–water partition coefficient (Wildman–Crippen LogP) is 2.18. The molecule has 0 saturated heterocycles. The van der Waals surface area contributed by atoms with Crippen molar-refractivity contribution in [1.82, 2.24) is 5.32 Å². The Hall–Kier alpha value is -2.51. The van der Waals surface area contributed by atoms with E-state index in [2.05, 4.69) is 5.32 Å². The highest BCUT2D eigenvalue weighted by Crippen LogP contribution is 2.25. The highest BCUT2D eigenvalue weighted by Gasteiger charge is 2.26. The Kier molecular flexibility index (Phi) is 3.92. The fourth-order valence-corrected chi connectivity index (χ4v) is 2.31. The van der Waals surface area contributed by atoms with E-state index in [1.807, 2.05) is 0 Å². The van der Waals surface area contributed by atoms with Crippen LogP contribution in [-0.2, 0) is 0 Å². The molecule has 0 unspecified atom stereocenters. The van der Waals surface area contributed by atoms with Crippen molar-refractivity contribution in [2.45, 2.75) is 31.7 Å². The molecule has 0 bridgehead atoms. The molecule has 1 aliphatic carbocycles. The molecular weight excluding hydrogens is 266 g/mol. The number of nitro groups is 2. The normalized spacial score (nSPS) is 15.0. The van der Waals surface area contributed by atoms with Crippen LogP contribution in [0.1, 0.15) is 36.0 Å². The molecule has 1 aromatic carbocycles. The van der Waals surface area contributed by atoms with Crippen LogP contribution in [0.4, 0.5) is 11.4 Å². The van der Waals surface area contributed by atoms with E-state index in [-0.39, 0.29) is 11.6 Å². The van der Waals surface area contributed by atoms with Gasteiger partial charge in [-0.05, 0) is 18.9 Å². The molecule has 0 atom stereocenters. The Morgan fingerprint density at radius 1 is 1.15 bits per heavy atom. The molecule has 1 aliphatic rings. The zero-order valence-electron chi connectivity index (χ0n) is 10.6. The number of nitrogens with one attached hydrogen (secondary N) is 1. The molecule has 0 spiro atoms. The van der Waals surface area contributed by atoms with E-state index >= 15 is 0 Å². The van der Waals surface area contributed by atoms with E-state index in [0.717, 1.165) is 43.9 Å². The van der Waals surface area contributed by atoms with Crippen molar-refractivity contribution in [3.8, 4) is 0 Å². The highest BCUT2D eigenvalue weighted by molar-refractivity contribution is 5.98. The van der Waals surface area contributed by atoms with Gasteiger partial charge in [-0.2, -0.15) is 0 Å². The Bertz CT molecular complexity index is 566. The molecule has 0 heterocycles. The van der Waals surface area contributed by atoms with Crippen LogP contribution >= 0.6 is 0 Å². The Morgan fingerprint density at radius 3 is 2.35 bits per heavy atom. The quantitative estimate of drug-likeness (QED) is 0.669. The predicted molar refractivity (Wildman–Crippen MR) is 69.5 cm³/mol. The van der Waals surface area contributed by atoms with Crippen molar-refractivity contribution in [3.05, 3.63) is 44.0 Å². The van der Waals surface area contributed by atoms with Gasteiger partial charge in [0.25, 0.3) is 17.3 Å². The van der Waals surface area contributed by atoms with Crippen molar-refractivity contribution in [3.63, 3.8) is 0 Å². The number of hydrogen-bond acceptors (Lipinski definition) is 5. The lowest BCUT2D eigenvalue weighted by molar-refractivity contribution is -0.394. The molecule has 0 aromatic heterocycles. The van der Waals surface area contributed by atoms with Gasteiger partial charge in [-0.25, -0.2) is 0 Å². The molecule has 8 nitrogen and oxygen atoms in total. The zero-order valence-corrected chi connectivity index (χ0v) is 10.6. The van der Waals surface area contributed by atoms with Gasteiger partial charge in [0.15, 0.2) is 0 Å². The number of carbonyl (C=O) groups excluding carboxylic acids is 1. The van der Waals surface area contributed by atoms with E-state index in [0.29, 0.717) is 0 Å². The molecule has 0 aliphatic heterocycles. The number of nitrogens with zero attached hydrogens (tertiary/aromatic N) is 2. The maximum absolute atomic E-state index is 12.0. The van der Waals surface area contributed by atoms with Crippen molar-refractivity contribution >= 4 is 17.3 Å². The first-order valence-corrected chi connectivity index (χ1v) is 6.22. The zero-order chi connectivity index (χ0) is 14.7. The number of benzene rings is 1. The number of non-ortho nitro benzene ring substituents is 1. The van der Waals surface area contributed by atoms with Crippen LogP contribution in [0.2, 0.25) is 0 Å². The third-order valence-corrected chi connectivity index (χ3v) is 3.32. The summed E-state index contributed by atoms with van der Waals surface area (Å²) in [6.07, 6.45) is 3.75. The molecule has 2 rings (SSSR count). The van der Waals surface area contributed by atoms with Gasteiger partial charge < -0.3 is 5.32 Å². The number of nitro benzene ring substituents is 2. The number of hydrogen-bond donors (Lipinski definition) is 1. The van der Waals surface area contributed by atoms with Gasteiger partial charge in [0.2, 0.25) is 0 Å². The van der Waals surface area contributed by atoms with Gasteiger partial charge in [-0.3, -0.25) is 25.0 Å². The maximum atomic E-state index is 12.0. The second kappa shape index (κ2) is 5.64. The summed E-state index contributed by atoms with van der Waals surface area (Å²) >= 11 is 0. The first-order chi connectivity index (χ1) is 9.49. The van der Waals surface area contributed by atoms with Crippen molar-refractivity contribution < 1.29 is 14.6 Å². The average Bonchev–Trinajstić information content (AvgIpc) is 2.90. The van der Waals surface area contributed by atoms with Gasteiger partial charge in [-0.1, -0.05) is 12.8 Å². The second-order valence-electron chi connectivity index (χ2n) is 4.67. The summed E-state index contributed by atoms with van der Waals surface area (Å²) in [6.45, 7) is 0. The molecule has 1 amide bonds. The Morgan fingerprint density at radius 2 is 1.80 bits per heavy atom. The van der Waals surface area contributed by atoms with Crippen LogP contribution in [0.3, 0.4) is 0 Å². The first-order valence-electron chi connectivity index (χ1n) is 6.22. The molecular formula is C12H13N3O5. The van der Waals surface area contributed by atoms with E-state index in [9.17, 15) is 25.0 Å². The van der Waals surface area contributed by atoms with E-state index in [1.54, 1.807) is 0 Å². The van der Waals surface area contributed by atoms with E-state index in [4.69, 9.17) is 0 Å². The molecule has 8 heteroatoms. The second-order valence-corrected chi connectivity index (χ2v) is 4.67. The lowest BCUT2D eigenvalue weighted by Crippen LogP contribution is -2.32. The van der Waals surface area contributed by atoms with E-state index in [1.165, 1.54) is 0 Å². The molecule has 1 saturated carbocycles. The van der Waals surface area contributed by atoms with Crippen LogP contribution in [-0.4, -0.2) is 21.8 Å². The Labute approximate surface area is 114 Å². The summed E-state index contributed by atoms with van der Waals surface area (Å²) in [5.41, 5.74) is -1.10. The minimum atomic E-state index is -0.781. The first kappa shape index (κ1) is 13.9. The maximum Gasteiger partial charge on any atom is 0.289 e. The summed E-state index contributed by atoms with van der Waals surface area (Å²) in [5, 5.41) is 24.3. The lowest BCUT2D eigenvalue weighted by Gasteiger charge is -2.11. The van der Waals surface area contributed by atoms with Gasteiger partial charge in [-0.15, -0.1) is 0 Å². The third kappa shape index (κ3) is 2.90. The summed E-state index contributed by atoms with van der Waals surface area (Å²) in [6, 6.07) is 3.05. The molecule has 20 heavy (non-hydrogen) atoms. The van der Waals surface area contributed by atoms with Gasteiger partial charge in [0.1, 0.15) is 5.56 Å². The minimum Gasteiger partial charge on any atom is -0.349 e. The average molecular weight is 279 g/mol. The summed E-state index contributed by atoms with van der Waals surface area (Å²) in [4.78, 5) is 32.1. The van der Waals surface area contributed by atoms with Crippen LogP contribution < -0.4 is 5.32 Å². The largest absolute Gasteiger partial charge is 0.349 e. The molecule has 1 fully saturated rings. The third-order valence-electron chi connectivity index (χ3n) is 3.32. The van der Waals surface area contributed by atoms with Crippen LogP contribution in [0.15, 0.2) is 18.2 Å². The van der Waals surface area contributed by atoms with Crippen molar-refractivity contribution in [2.24, 2.45) is 0 Å². The number of rotatable bonds is 4. The van der Waals surface area contributed by atoms with Crippen molar-refractivity contribution in [2.75, 3.05) is 0 Å². The number of carbonyl (C=O) groups is 1. The highest BCUT2D eigenvalue weighted by atomic mass is 16.6. The fraction of sp³-hybridized carbons (Fsp3) is 0.417. The summed E-state index contributed by atoms with van der Waals surface area (Å²) < 4.78 is 0. The molecule has 106 valence electrons. The van der Waals surface area contributed by atoms with Crippen LogP contribution in [0.5, 0.6) is 0 Å². The van der Waals surface area contributed by atoms with Gasteiger partial charge in [0.05, 0.1) is 15.9 Å². The molecule has 0 radical (unpaired) electrons. The monoisotopic (exact) mass is 279 g/mol. The summed E-state index contributed by atoms with van der Waals surface area (Å²) in [5.74, 6) is -0.557. The lowest BCUT2D eigenvalue weighted by atomic mass is 10.1. The van der Waals surface area contributed by atoms with Gasteiger partial charge in [0, 0.05) is 12.1 Å². The number of amides is 1. The smallest absolute Gasteiger partial charge is 0.289 e. The van der Waals surface area contributed by atoms with E-state index < -0.39 is 27.1 Å². The molecule has 1 aromatic rings. The fourth-order valence-electron chi connectivity index (χ4n) is 2.31. The van der Waals surface area contributed by atoms with Crippen LogP contribution in [0.25, 0.3) is 0 Å².